The first kappa shape index (κ1) is 27.8. The number of aliphatic hydroxyl groups is 1. The Kier molecular flexibility index (Phi) is 8.08. The minimum atomic E-state index is -1.74. The van der Waals surface area contributed by atoms with Gasteiger partial charge in [-0.05, 0) is 94.5 Å². The fourth-order valence-electron chi connectivity index (χ4n) is 4.54. The monoisotopic (exact) mass is 679 g/mol. The molecule has 0 aromatic heterocycles. The first-order valence-electron chi connectivity index (χ1n) is 12.5. The zero-order valence-corrected chi connectivity index (χ0v) is 26.4. The molecule has 0 saturated carbocycles. The fourth-order valence-corrected chi connectivity index (χ4v) is 7.40. The van der Waals surface area contributed by atoms with Crippen LogP contribution in [0.1, 0.15) is 51.2 Å². The second kappa shape index (κ2) is 10.5. The van der Waals surface area contributed by atoms with Crippen molar-refractivity contribution in [3.05, 3.63) is 73.8 Å². The zero-order valence-electron chi connectivity index (χ0n) is 21.7. The predicted octanol–water partition coefficient (Wildman–Crippen LogP) is 7.98. The van der Waals surface area contributed by atoms with Crippen molar-refractivity contribution in [3.63, 3.8) is 0 Å². The standard InChI is InChI=1S/C29H35BrINO3Si/c1-28(2,3)36(4,5)35-16-10-6-9-15-32-25-19-23(31)18-24(30)26(25)29(34,27(32)33)22-14-13-20-11-7-8-12-21(20)17-22/h7-8,11-14,17-19,34H,6,9-10,15-16H2,1-5H3. The Hall–Kier alpha value is -1.26. The Bertz CT molecular complexity index is 1290. The molecule has 36 heavy (non-hydrogen) atoms. The van der Waals surface area contributed by atoms with E-state index in [1.165, 1.54) is 0 Å². The van der Waals surface area contributed by atoms with E-state index in [-0.39, 0.29) is 10.9 Å². The van der Waals surface area contributed by atoms with Gasteiger partial charge in [-0.3, -0.25) is 4.79 Å². The molecule has 0 spiro atoms. The number of amides is 1. The van der Waals surface area contributed by atoms with Crippen LogP contribution in [0.2, 0.25) is 18.1 Å². The number of fused-ring (bicyclic) bond motifs is 2. The molecule has 3 aromatic carbocycles. The molecule has 1 unspecified atom stereocenters. The molecule has 0 saturated heterocycles. The van der Waals surface area contributed by atoms with Gasteiger partial charge in [0.1, 0.15) is 0 Å². The second-order valence-corrected chi connectivity index (χ2v) is 18.1. The van der Waals surface area contributed by atoms with Gasteiger partial charge in [0, 0.05) is 26.8 Å². The van der Waals surface area contributed by atoms with Crippen molar-refractivity contribution in [2.45, 2.75) is 63.8 Å². The van der Waals surface area contributed by atoms with E-state index < -0.39 is 13.9 Å². The maximum Gasteiger partial charge on any atom is 0.268 e. The van der Waals surface area contributed by atoms with Crippen molar-refractivity contribution >= 4 is 69.2 Å². The molecule has 0 fully saturated rings. The molecular weight excluding hydrogens is 645 g/mol. The van der Waals surface area contributed by atoms with Crippen LogP contribution < -0.4 is 4.90 Å². The van der Waals surface area contributed by atoms with E-state index in [0.717, 1.165) is 50.4 Å². The number of carbonyl (C=O) groups excluding carboxylic acids is 1. The second-order valence-electron chi connectivity index (χ2n) is 11.2. The van der Waals surface area contributed by atoms with Gasteiger partial charge in [0.15, 0.2) is 13.9 Å². The van der Waals surface area contributed by atoms with Crippen LogP contribution in [0.5, 0.6) is 0 Å². The molecule has 1 aliphatic rings. The molecule has 7 heteroatoms. The molecule has 3 aromatic rings. The summed E-state index contributed by atoms with van der Waals surface area (Å²) in [5.74, 6) is -0.284. The number of unbranched alkanes of at least 4 members (excludes halogenated alkanes) is 2. The van der Waals surface area contributed by atoms with Crippen LogP contribution in [-0.2, 0) is 14.8 Å². The summed E-state index contributed by atoms with van der Waals surface area (Å²) in [4.78, 5) is 15.6. The summed E-state index contributed by atoms with van der Waals surface area (Å²) in [5, 5.41) is 14.3. The maximum absolute atomic E-state index is 13.9. The number of nitrogens with zero attached hydrogens (tertiary/aromatic N) is 1. The SMILES string of the molecule is CC(C)(C)[Si](C)(C)OCCCCCN1C(=O)C(O)(c2ccc3ccccc3c2)c2c(Br)cc(I)cc21. The van der Waals surface area contributed by atoms with Crippen molar-refractivity contribution in [1.29, 1.82) is 0 Å². The molecule has 0 radical (unpaired) electrons. The molecule has 1 atom stereocenters. The number of hydrogen-bond donors (Lipinski definition) is 1. The van der Waals surface area contributed by atoms with E-state index in [4.69, 9.17) is 4.43 Å². The van der Waals surface area contributed by atoms with Gasteiger partial charge in [-0.15, -0.1) is 0 Å². The van der Waals surface area contributed by atoms with E-state index >= 15 is 0 Å². The van der Waals surface area contributed by atoms with Gasteiger partial charge >= 0.3 is 0 Å². The Labute approximate surface area is 237 Å². The highest BCUT2D eigenvalue weighted by atomic mass is 127. The number of halogens is 2. The number of carbonyl (C=O) groups is 1. The minimum absolute atomic E-state index is 0.205. The van der Waals surface area contributed by atoms with E-state index in [1.807, 2.05) is 54.6 Å². The van der Waals surface area contributed by atoms with Crippen LogP contribution in [-0.4, -0.2) is 32.5 Å². The topological polar surface area (TPSA) is 49.8 Å². The number of anilines is 1. The van der Waals surface area contributed by atoms with E-state index in [9.17, 15) is 9.90 Å². The first-order chi connectivity index (χ1) is 16.9. The van der Waals surface area contributed by atoms with Crippen LogP contribution in [0.15, 0.2) is 59.1 Å². The highest BCUT2D eigenvalue weighted by Gasteiger charge is 2.52. The van der Waals surface area contributed by atoms with Crippen LogP contribution in [0, 0.1) is 3.57 Å². The van der Waals surface area contributed by atoms with Crippen LogP contribution in [0.25, 0.3) is 10.8 Å². The quantitative estimate of drug-likeness (QED) is 0.149. The summed E-state index contributed by atoms with van der Waals surface area (Å²) in [6.07, 6.45) is 2.78. The maximum atomic E-state index is 13.9. The van der Waals surface area contributed by atoms with Crippen LogP contribution in [0.4, 0.5) is 5.69 Å². The van der Waals surface area contributed by atoms with Crippen molar-refractivity contribution in [2.75, 3.05) is 18.1 Å². The van der Waals surface area contributed by atoms with Gasteiger partial charge in [-0.1, -0.05) is 73.1 Å². The summed E-state index contributed by atoms with van der Waals surface area (Å²) >= 11 is 5.92. The minimum Gasteiger partial charge on any atom is -0.417 e. The van der Waals surface area contributed by atoms with Gasteiger partial charge in [0.2, 0.25) is 0 Å². The highest BCUT2D eigenvalue weighted by Crippen LogP contribution is 2.49. The summed E-state index contributed by atoms with van der Waals surface area (Å²) in [5.41, 5.74) is 0.282. The third kappa shape index (κ3) is 5.19. The summed E-state index contributed by atoms with van der Waals surface area (Å²) < 4.78 is 8.08. The number of rotatable bonds is 8. The van der Waals surface area contributed by atoms with Crippen molar-refractivity contribution in [1.82, 2.24) is 0 Å². The molecule has 1 aliphatic heterocycles. The van der Waals surface area contributed by atoms with Gasteiger partial charge in [-0.2, -0.15) is 0 Å². The molecule has 192 valence electrons. The Balaban J connectivity index is 1.54. The van der Waals surface area contributed by atoms with Crippen LogP contribution in [0.3, 0.4) is 0 Å². The van der Waals surface area contributed by atoms with Gasteiger partial charge < -0.3 is 14.4 Å². The van der Waals surface area contributed by atoms with Gasteiger partial charge in [-0.25, -0.2) is 0 Å². The number of hydrogen-bond acceptors (Lipinski definition) is 3. The molecule has 1 amide bonds. The fraction of sp³-hybridized carbons (Fsp3) is 0.414. The Morgan fingerprint density at radius 3 is 2.42 bits per heavy atom. The zero-order chi connectivity index (χ0) is 26.3. The van der Waals surface area contributed by atoms with E-state index in [2.05, 4.69) is 72.4 Å². The molecule has 1 heterocycles. The molecule has 0 aliphatic carbocycles. The smallest absolute Gasteiger partial charge is 0.268 e. The summed E-state index contributed by atoms with van der Waals surface area (Å²) in [6, 6.07) is 17.7. The summed E-state index contributed by atoms with van der Waals surface area (Å²) in [7, 11) is -1.74. The van der Waals surface area contributed by atoms with Crippen molar-refractivity contribution < 1.29 is 14.3 Å². The lowest BCUT2D eigenvalue weighted by Gasteiger charge is -2.36. The predicted molar refractivity (Wildman–Crippen MR) is 163 cm³/mol. The molecule has 4 nitrogen and oxygen atoms in total. The molecule has 4 rings (SSSR count). The normalized spacial score (nSPS) is 18.2. The lowest BCUT2D eigenvalue weighted by Crippen LogP contribution is -2.41. The van der Waals surface area contributed by atoms with Crippen molar-refractivity contribution in [2.24, 2.45) is 0 Å². The Morgan fingerprint density at radius 2 is 1.72 bits per heavy atom. The largest absolute Gasteiger partial charge is 0.417 e. The van der Waals surface area contributed by atoms with E-state index in [0.29, 0.717) is 17.7 Å². The van der Waals surface area contributed by atoms with Crippen molar-refractivity contribution in [3.8, 4) is 0 Å². The third-order valence-corrected chi connectivity index (χ3v) is 13.5. The average Bonchev–Trinajstić information content (AvgIpc) is 3.02. The third-order valence-electron chi connectivity index (χ3n) is 7.70. The summed E-state index contributed by atoms with van der Waals surface area (Å²) in [6.45, 7) is 12.6. The molecular formula is C29H35BrINO3Si. The molecule has 1 N–H and O–H groups in total. The van der Waals surface area contributed by atoms with Gasteiger partial charge in [0.25, 0.3) is 5.91 Å². The van der Waals surface area contributed by atoms with E-state index in [1.54, 1.807) is 4.90 Å². The lowest BCUT2D eigenvalue weighted by molar-refractivity contribution is -0.132. The van der Waals surface area contributed by atoms with Gasteiger partial charge in [0.05, 0.1) is 5.69 Å². The first-order valence-corrected chi connectivity index (χ1v) is 17.3. The Morgan fingerprint density at radius 1 is 1.03 bits per heavy atom. The van der Waals surface area contributed by atoms with Crippen LogP contribution >= 0.6 is 38.5 Å². The number of benzene rings is 3. The average molecular weight is 680 g/mol. The molecule has 0 bridgehead atoms. The highest BCUT2D eigenvalue weighted by molar-refractivity contribution is 14.1. The lowest BCUT2D eigenvalue weighted by atomic mass is 9.86.